The molecule has 22 heavy (non-hydrogen) atoms. The number of amides is 2. The maximum Gasteiger partial charge on any atom is 0.317 e. The van der Waals surface area contributed by atoms with E-state index in [1.165, 1.54) is 18.4 Å². The molecule has 2 fully saturated rings. The highest BCUT2D eigenvalue weighted by atomic mass is 32.1. The van der Waals surface area contributed by atoms with Crippen molar-refractivity contribution in [2.24, 2.45) is 0 Å². The van der Waals surface area contributed by atoms with Crippen LogP contribution >= 0.6 is 11.3 Å². The van der Waals surface area contributed by atoms with Gasteiger partial charge in [0.1, 0.15) is 0 Å². The summed E-state index contributed by atoms with van der Waals surface area (Å²) in [5.41, 5.74) is 1.30. The first-order valence-electron chi connectivity index (χ1n) is 8.19. The SMILES string of the molecule is O=C(NCCc1ccsc1)N1CCN(C[C@@H]2CCCO2)CC1. The monoisotopic (exact) mass is 323 g/mol. The molecule has 3 heterocycles. The number of rotatable bonds is 5. The van der Waals surface area contributed by atoms with Crippen molar-refractivity contribution >= 4 is 17.4 Å². The van der Waals surface area contributed by atoms with Gasteiger partial charge in [-0.05, 0) is 41.7 Å². The molecule has 1 aromatic heterocycles. The maximum absolute atomic E-state index is 12.2. The van der Waals surface area contributed by atoms with Crippen molar-refractivity contribution in [3.8, 4) is 0 Å². The average Bonchev–Trinajstić information content (AvgIpc) is 3.21. The molecule has 3 rings (SSSR count). The first-order chi connectivity index (χ1) is 10.8. The minimum atomic E-state index is 0.0759. The molecule has 1 atom stereocenters. The third-order valence-electron chi connectivity index (χ3n) is 4.42. The quantitative estimate of drug-likeness (QED) is 0.899. The summed E-state index contributed by atoms with van der Waals surface area (Å²) in [5.74, 6) is 0. The summed E-state index contributed by atoms with van der Waals surface area (Å²) in [6, 6.07) is 2.19. The molecular formula is C16H25N3O2S. The van der Waals surface area contributed by atoms with Gasteiger partial charge in [-0.3, -0.25) is 4.90 Å². The third-order valence-corrected chi connectivity index (χ3v) is 5.15. The zero-order valence-corrected chi connectivity index (χ0v) is 13.8. The Morgan fingerprint density at radius 2 is 2.23 bits per heavy atom. The van der Waals surface area contributed by atoms with Crippen LogP contribution in [-0.2, 0) is 11.2 Å². The molecule has 5 nitrogen and oxygen atoms in total. The summed E-state index contributed by atoms with van der Waals surface area (Å²) in [6.45, 7) is 6.19. The Bertz CT molecular complexity index is 452. The van der Waals surface area contributed by atoms with E-state index >= 15 is 0 Å². The van der Waals surface area contributed by atoms with Crippen LogP contribution < -0.4 is 5.32 Å². The van der Waals surface area contributed by atoms with Gasteiger partial charge < -0.3 is 15.0 Å². The van der Waals surface area contributed by atoms with Gasteiger partial charge >= 0.3 is 6.03 Å². The van der Waals surface area contributed by atoms with Crippen LogP contribution in [0.4, 0.5) is 4.79 Å². The molecule has 0 aliphatic carbocycles. The number of thiophene rings is 1. The van der Waals surface area contributed by atoms with Crippen LogP contribution in [0.3, 0.4) is 0 Å². The van der Waals surface area contributed by atoms with E-state index in [4.69, 9.17) is 4.74 Å². The van der Waals surface area contributed by atoms with Crippen LogP contribution in [0, 0.1) is 0 Å². The number of ether oxygens (including phenoxy) is 1. The summed E-state index contributed by atoms with van der Waals surface area (Å²) in [5, 5.41) is 7.24. The molecule has 2 aliphatic heterocycles. The van der Waals surface area contributed by atoms with Gasteiger partial charge in [-0.2, -0.15) is 11.3 Å². The van der Waals surface area contributed by atoms with Crippen LogP contribution in [0.2, 0.25) is 0 Å². The number of nitrogens with one attached hydrogen (secondary N) is 1. The van der Waals surface area contributed by atoms with Gasteiger partial charge in [-0.15, -0.1) is 0 Å². The standard InChI is InChI=1S/C16H25N3O2S/c20-16(17-5-3-14-4-11-22-13-14)19-8-6-18(7-9-19)12-15-2-1-10-21-15/h4,11,13,15H,1-3,5-10,12H2,(H,17,20)/t15-/m0/s1. The number of carbonyl (C=O) groups excluding carboxylic acids is 1. The predicted octanol–water partition coefficient (Wildman–Crippen LogP) is 1.80. The summed E-state index contributed by atoms with van der Waals surface area (Å²) < 4.78 is 5.68. The van der Waals surface area contributed by atoms with Crippen molar-refractivity contribution < 1.29 is 9.53 Å². The Morgan fingerprint density at radius 3 is 2.91 bits per heavy atom. The summed E-state index contributed by atoms with van der Waals surface area (Å²) in [6.07, 6.45) is 3.69. The highest BCUT2D eigenvalue weighted by Gasteiger charge is 2.24. The molecule has 2 aliphatic rings. The van der Waals surface area contributed by atoms with Crippen LogP contribution in [-0.4, -0.2) is 67.8 Å². The van der Waals surface area contributed by atoms with E-state index in [-0.39, 0.29) is 6.03 Å². The predicted molar refractivity (Wildman–Crippen MR) is 88.4 cm³/mol. The number of hydrogen-bond acceptors (Lipinski definition) is 4. The lowest BCUT2D eigenvalue weighted by atomic mass is 10.2. The molecule has 0 unspecified atom stereocenters. The van der Waals surface area contributed by atoms with Crippen molar-refractivity contribution in [2.45, 2.75) is 25.4 Å². The molecule has 0 spiro atoms. The van der Waals surface area contributed by atoms with Crippen LogP contribution in [0.1, 0.15) is 18.4 Å². The molecule has 0 radical (unpaired) electrons. The van der Waals surface area contributed by atoms with Gasteiger partial charge in [0.15, 0.2) is 0 Å². The fourth-order valence-electron chi connectivity index (χ4n) is 3.07. The molecule has 0 bridgehead atoms. The number of nitrogens with zero attached hydrogens (tertiary/aromatic N) is 2. The first-order valence-corrected chi connectivity index (χ1v) is 9.13. The Kier molecular flexibility index (Phi) is 5.70. The third kappa shape index (κ3) is 4.44. The second kappa shape index (κ2) is 7.94. The van der Waals surface area contributed by atoms with Crippen LogP contribution in [0.5, 0.6) is 0 Å². The highest BCUT2D eigenvalue weighted by molar-refractivity contribution is 7.07. The number of carbonyl (C=O) groups is 1. The Balaban J connectivity index is 1.32. The zero-order chi connectivity index (χ0) is 15.2. The molecule has 0 aromatic carbocycles. The Morgan fingerprint density at radius 1 is 1.36 bits per heavy atom. The highest BCUT2D eigenvalue weighted by Crippen LogP contribution is 2.14. The van der Waals surface area contributed by atoms with E-state index in [1.54, 1.807) is 11.3 Å². The van der Waals surface area contributed by atoms with E-state index in [1.807, 2.05) is 4.90 Å². The van der Waals surface area contributed by atoms with E-state index in [2.05, 4.69) is 27.0 Å². The van der Waals surface area contributed by atoms with E-state index in [9.17, 15) is 4.79 Å². The van der Waals surface area contributed by atoms with Gasteiger partial charge in [-0.25, -0.2) is 4.79 Å². The van der Waals surface area contributed by atoms with Crippen LogP contribution in [0.25, 0.3) is 0 Å². The molecule has 2 amide bonds. The summed E-state index contributed by atoms with van der Waals surface area (Å²) >= 11 is 1.70. The first kappa shape index (κ1) is 15.8. The normalized spacial score (nSPS) is 22.9. The zero-order valence-electron chi connectivity index (χ0n) is 13.0. The molecule has 1 aromatic rings. The fraction of sp³-hybridized carbons (Fsp3) is 0.688. The lowest BCUT2D eigenvalue weighted by Crippen LogP contribution is -2.53. The molecule has 6 heteroatoms. The second-order valence-electron chi connectivity index (χ2n) is 6.04. The van der Waals surface area contributed by atoms with Gasteiger partial charge in [0.2, 0.25) is 0 Å². The van der Waals surface area contributed by atoms with Crippen LogP contribution in [0.15, 0.2) is 16.8 Å². The van der Waals surface area contributed by atoms with Crippen molar-refractivity contribution in [3.63, 3.8) is 0 Å². The fourth-order valence-corrected chi connectivity index (χ4v) is 3.77. The number of piperazine rings is 1. The number of hydrogen-bond donors (Lipinski definition) is 1. The lowest BCUT2D eigenvalue weighted by molar-refractivity contribution is 0.0561. The maximum atomic E-state index is 12.2. The second-order valence-corrected chi connectivity index (χ2v) is 6.82. The van der Waals surface area contributed by atoms with Gasteiger partial charge in [-0.1, -0.05) is 0 Å². The number of urea groups is 1. The lowest BCUT2D eigenvalue weighted by Gasteiger charge is -2.35. The van der Waals surface area contributed by atoms with E-state index < -0.39 is 0 Å². The minimum Gasteiger partial charge on any atom is -0.377 e. The summed E-state index contributed by atoms with van der Waals surface area (Å²) in [4.78, 5) is 16.5. The smallest absolute Gasteiger partial charge is 0.317 e. The van der Waals surface area contributed by atoms with E-state index in [0.29, 0.717) is 12.6 Å². The van der Waals surface area contributed by atoms with Crippen molar-refractivity contribution in [1.29, 1.82) is 0 Å². The molecular weight excluding hydrogens is 298 g/mol. The largest absolute Gasteiger partial charge is 0.377 e. The molecule has 122 valence electrons. The molecule has 2 saturated heterocycles. The topological polar surface area (TPSA) is 44.8 Å². The minimum absolute atomic E-state index is 0.0759. The molecule has 0 saturated carbocycles. The van der Waals surface area contributed by atoms with E-state index in [0.717, 1.165) is 45.8 Å². The average molecular weight is 323 g/mol. The molecule has 1 N–H and O–H groups in total. The van der Waals surface area contributed by atoms with Gasteiger partial charge in [0.25, 0.3) is 0 Å². The van der Waals surface area contributed by atoms with Crippen molar-refractivity contribution in [3.05, 3.63) is 22.4 Å². The van der Waals surface area contributed by atoms with Gasteiger partial charge in [0.05, 0.1) is 6.10 Å². The van der Waals surface area contributed by atoms with Crippen molar-refractivity contribution in [1.82, 2.24) is 15.1 Å². The summed E-state index contributed by atoms with van der Waals surface area (Å²) in [7, 11) is 0. The Hall–Kier alpha value is -1.11. The van der Waals surface area contributed by atoms with Crippen molar-refractivity contribution in [2.75, 3.05) is 45.9 Å². The Labute approximate surface area is 136 Å². The van der Waals surface area contributed by atoms with Gasteiger partial charge in [0, 0.05) is 45.9 Å².